The van der Waals surface area contributed by atoms with Crippen molar-refractivity contribution in [1.29, 1.82) is 0 Å². The van der Waals surface area contributed by atoms with Gasteiger partial charge in [-0.25, -0.2) is 0 Å². The number of aryl methyl sites for hydroxylation is 2. The molecule has 2 amide bonds. The van der Waals surface area contributed by atoms with Crippen LogP contribution in [0, 0.1) is 13.8 Å². The summed E-state index contributed by atoms with van der Waals surface area (Å²) in [6.45, 7) is 8.20. The fourth-order valence-corrected chi connectivity index (χ4v) is 3.25. The smallest absolute Gasteiger partial charge is 0.289 e. The van der Waals surface area contributed by atoms with E-state index in [2.05, 4.69) is 11.9 Å². The predicted molar refractivity (Wildman–Crippen MR) is 95.8 cm³/mol. The first-order valence-corrected chi connectivity index (χ1v) is 8.28. The number of hydrogen-bond donors (Lipinski definition) is 1. The molecule has 0 spiro atoms. The molecule has 0 fully saturated rings. The van der Waals surface area contributed by atoms with Crippen LogP contribution in [0.25, 0.3) is 0 Å². The molecule has 3 rings (SSSR count). The van der Waals surface area contributed by atoms with Gasteiger partial charge in [0.25, 0.3) is 11.8 Å². The molecule has 128 valence electrons. The van der Waals surface area contributed by atoms with E-state index in [1.54, 1.807) is 11.0 Å². The highest BCUT2D eigenvalue weighted by atomic mass is 16.2. The molecule has 1 aliphatic rings. The molecule has 0 saturated carbocycles. The minimum Gasteiger partial charge on any atom is -0.323 e. The van der Waals surface area contributed by atoms with Crippen LogP contribution >= 0.6 is 0 Å². The molecule has 0 bridgehead atoms. The first-order chi connectivity index (χ1) is 12.0. The Bertz CT molecular complexity index is 824. The lowest BCUT2D eigenvalue weighted by atomic mass is 10.0. The van der Waals surface area contributed by atoms with Crippen LogP contribution in [0.1, 0.15) is 22.9 Å². The van der Waals surface area contributed by atoms with E-state index in [9.17, 15) is 9.59 Å². The zero-order valence-corrected chi connectivity index (χ0v) is 14.5. The van der Waals surface area contributed by atoms with E-state index in [1.807, 2.05) is 61.0 Å². The van der Waals surface area contributed by atoms with Crippen LogP contribution in [0.2, 0.25) is 0 Å². The molecule has 2 aromatic rings. The summed E-state index contributed by atoms with van der Waals surface area (Å²) in [6.07, 6.45) is 3.48. The Balaban J connectivity index is 2.00. The number of benzene rings is 1. The predicted octanol–water partition coefficient (Wildman–Crippen LogP) is 2.30. The summed E-state index contributed by atoms with van der Waals surface area (Å²) in [4.78, 5) is 27.2. The van der Waals surface area contributed by atoms with Crippen molar-refractivity contribution in [2.24, 2.45) is 0 Å². The lowest BCUT2D eigenvalue weighted by molar-refractivity contribution is -0.698. The van der Waals surface area contributed by atoms with Gasteiger partial charge in [-0.1, -0.05) is 30.3 Å². The molecule has 5 heteroatoms. The molecule has 1 aromatic heterocycles. The van der Waals surface area contributed by atoms with Gasteiger partial charge < -0.3 is 10.2 Å². The van der Waals surface area contributed by atoms with E-state index in [4.69, 9.17) is 0 Å². The number of nitrogens with one attached hydrogen (secondary N) is 1. The number of pyridine rings is 1. The zero-order valence-electron chi connectivity index (χ0n) is 14.5. The molecule has 25 heavy (non-hydrogen) atoms. The van der Waals surface area contributed by atoms with Crippen LogP contribution in [-0.2, 0) is 16.1 Å². The summed E-state index contributed by atoms with van der Waals surface area (Å²) in [5, 5.41) is 3.02. The van der Waals surface area contributed by atoms with Gasteiger partial charge in [0.1, 0.15) is 0 Å². The third kappa shape index (κ3) is 3.18. The average molecular weight is 336 g/mol. The summed E-state index contributed by atoms with van der Waals surface area (Å²) in [7, 11) is 0. The molecule has 2 heterocycles. The number of hydrogen-bond acceptors (Lipinski definition) is 2. The molecular weight excluding hydrogens is 314 g/mol. The Labute approximate surface area is 147 Å². The summed E-state index contributed by atoms with van der Waals surface area (Å²) >= 11 is 0. The van der Waals surface area contributed by atoms with Crippen LogP contribution in [0.3, 0.4) is 0 Å². The van der Waals surface area contributed by atoms with Crippen LogP contribution in [0.15, 0.2) is 55.3 Å². The third-order valence-corrected chi connectivity index (χ3v) is 4.50. The van der Waals surface area contributed by atoms with Gasteiger partial charge in [0, 0.05) is 24.4 Å². The van der Waals surface area contributed by atoms with Gasteiger partial charge in [0.15, 0.2) is 12.2 Å². The topological polar surface area (TPSA) is 53.3 Å². The molecule has 1 N–H and O–H groups in total. The number of fused-ring (bicyclic) bond motifs is 1. The Morgan fingerprint density at radius 2 is 2.00 bits per heavy atom. The molecule has 1 aliphatic heterocycles. The van der Waals surface area contributed by atoms with Gasteiger partial charge in [0.2, 0.25) is 12.2 Å². The van der Waals surface area contributed by atoms with Crippen molar-refractivity contribution in [3.8, 4) is 0 Å². The largest absolute Gasteiger partial charge is 0.323 e. The average Bonchev–Trinajstić information content (AvgIpc) is 2.59. The minimum absolute atomic E-state index is 0.0924. The van der Waals surface area contributed by atoms with Crippen LogP contribution in [0.4, 0.5) is 5.69 Å². The van der Waals surface area contributed by atoms with E-state index in [0.29, 0.717) is 6.54 Å². The van der Waals surface area contributed by atoms with Gasteiger partial charge in [-0.3, -0.25) is 9.59 Å². The lowest BCUT2D eigenvalue weighted by Crippen LogP contribution is -2.58. The monoisotopic (exact) mass is 336 g/mol. The Morgan fingerprint density at radius 3 is 2.68 bits per heavy atom. The number of para-hydroxylation sites is 1. The van der Waals surface area contributed by atoms with Gasteiger partial charge in [-0.05, 0) is 25.0 Å². The maximum absolute atomic E-state index is 13.1. The highest BCUT2D eigenvalue weighted by Gasteiger charge is 2.42. The number of anilines is 1. The number of carbonyl (C=O) groups is 2. The van der Waals surface area contributed by atoms with Crippen LogP contribution in [-0.4, -0.2) is 23.3 Å². The second-order valence-electron chi connectivity index (χ2n) is 6.25. The molecule has 5 nitrogen and oxygen atoms in total. The molecule has 1 aromatic carbocycles. The molecule has 0 aliphatic carbocycles. The first kappa shape index (κ1) is 16.9. The van der Waals surface area contributed by atoms with E-state index in [0.717, 1.165) is 22.5 Å². The molecule has 1 atom stereocenters. The minimum atomic E-state index is -0.681. The van der Waals surface area contributed by atoms with Crippen molar-refractivity contribution in [2.75, 3.05) is 11.9 Å². The summed E-state index contributed by atoms with van der Waals surface area (Å²) < 4.78 is 1.83. The quantitative estimate of drug-likeness (QED) is 0.688. The summed E-state index contributed by atoms with van der Waals surface area (Å²) in [5.41, 5.74) is 3.58. The van der Waals surface area contributed by atoms with Crippen molar-refractivity contribution in [3.63, 3.8) is 0 Å². The lowest BCUT2D eigenvalue weighted by Gasteiger charge is -2.31. The Kier molecular flexibility index (Phi) is 4.65. The number of rotatable bonds is 4. The highest BCUT2D eigenvalue weighted by molar-refractivity contribution is 5.98. The maximum Gasteiger partial charge on any atom is 0.289 e. The zero-order chi connectivity index (χ0) is 18.0. The number of aromatic nitrogens is 1. The molecule has 1 unspecified atom stereocenters. The third-order valence-electron chi connectivity index (χ3n) is 4.50. The molecule has 0 radical (unpaired) electrons. The van der Waals surface area contributed by atoms with Gasteiger partial charge in [-0.15, -0.1) is 6.58 Å². The molecular formula is C20H22N3O2+. The highest BCUT2D eigenvalue weighted by Crippen LogP contribution is 2.26. The number of nitrogens with zero attached hydrogens (tertiary/aromatic N) is 2. The van der Waals surface area contributed by atoms with Crippen molar-refractivity contribution in [1.82, 2.24) is 4.90 Å². The molecule has 0 saturated heterocycles. The van der Waals surface area contributed by atoms with Gasteiger partial charge >= 0.3 is 0 Å². The van der Waals surface area contributed by atoms with Crippen molar-refractivity contribution < 1.29 is 14.2 Å². The van der Waals surface area contributed by atoms with Gasteiger partial charge in [0.05, 0.1) is 0 Å². The van der Waals surface area contributed by atoms with Crippen molar-refractivity contribution >= 4 is 17.5 Å². The fourth-order valence-electron chi connectivity index (χ4n) is 3.25. The maximum atomic E-state index is 13.1. The van der Waals surface area contributed by atoms with Gasteiger partial charge in [-0.2, -0.15) is 4.57 Å². The number of amides is 2. The van der Waals surface area contributed by atoms with Crippen molar-refractivity contribution in [3.05, 3.63) is 72.1 Å². The van der Waals surface area contributed by atoms with E-state index in [1.165, 1.54) is 0 Å². The summed E-state index contributed by atoms with van der Waals surface area (Å²) in [6, 6.07) is 10.8. The standard InChI is InChI=1S/C20H21N3O2/c1-4-11-23-17(24)13-22-12-6-5-10-16(22)19(23)20(25)21-18-14(2)8-7-9-15(18)3/h4-10,12,19H,1,11,13H2,2-3H3/p+1. The Morgan fingerprint density at radius 1 is 1.28 bits per heavy atom. The summed E-state index contributed by atoms with van der Waals surface area (Å²) in [5.74, 6) is -0.308. The van der Waals surface area contributed by atoms with E-state index < -0.39 is 6.04 Å². The first-order valence-electron chi connectivity index (χ1n) is 8.28. The van der Waals surface area contributed by atoms with E-state index in [-0.39, 0.29) is 18.4 Å². The SMILES string of the molecule is C=CCN1C(=O)C[n+]2ccccc2C1C(=O)Nc1c(C)cccc1C. The second kappa shape index (κ2) is 6.89. The number of carbonyl (C=O) groups excluding carboxylic acids is 2. The van der Waals surface area contributed by atoms with Crippen LogP contribution in [0.5, 0.6) is 0 Å². The van der Waals surface area contributed by atoms with E-state index >= 15 is 0 Å². The second-order valence-corrected chi connectivity index (χ2v) is 6.25. The normalized spacial score (nSPS) is 16.3. The fraction of sp³-hybridized carbons (Fsp3) is 0.250. The van der Waals surface area contributed by atoms with Crippen LogP contribution < -0.4 is 9.88 Å². The van der Waals surface area contributed by atoms with Crippen molar-refractivity contribution in [2.45, 2.75) is 26.4 Å². The Hall–Kier alpha value is -2.95.